The number of nitrogens with one attached hydrogen (secondary N) is 2. The van der Waals surface area contributed by atoms with Crippen LogP contribution in [-0.4, -0.2) is 67.0 Å². The predicted octanol–water partition coefficient (Wildman–Crippen LogP) is 4.42. The van der Waals surface area contributed by atoms with Gasteiger partial charge in [0.2, 0.25) is 0 Å². The monoisotopic (exact) mass is 487 g/mol. The number of urea groups is 1. The minimum Gasteiger partial charge on any atom is -0.377 e. The molecule has 0 unspecified atom stereocenters. The van der Waals surface area contributed by atoms with Gasteiger partial charge in [0, 0.05) is 36.2 Å². The van der Waals surface area contributed by atoms with Crippen LogP contribution in [0.15, 0.2) is 30.3 Å². The highest BCUT2D eigenvalue weighted by atomic mass is 32.2. The van der Waals surface area contributed by atoms with Gasteiger partial charge in [-0.15, -0.1) is 0 Å². The van der Waals surface area contributed by atoms with Crippen LogP contribution in [0.3, 0.4) is 0 Å². The molecule has 0 spiro atoms. The first-order valence-electron chi connectivity index (χ1n) is 11.8. The fourth-order valence-electron chi connectivity index (χ4n) is 3.80. The lowest BCUT2D eigenvalue weighted by Gasteiger charge is -2.34. The van der Waals surface area contributed by atoms with E-state index in [1.807, 2.05) is 49.0 Å². The number of carbonyl (C=O) groups is 1. The molecular formula is C25H37N5O3S. The normalized spacial score (nSPS) is 16.4. The largest absolute Gasteiger partial charge is 0.377 e. The number of benzene rings is 1. The summed E-state index contributed by atoms with van der Waals surface area (Å²) in [7, 11) is 0. The molecule has 1 atom stereocenters. The number of rotatable bonds is 10. The molecule has 2 heterocycles. The third-order valence-corrected chi connectivity index (χ3v) is 6.51. The maximum absolute atomic E-state index is 11.8. The van der Waals surface area contributed by atoms with Gasteiger partial charge in [-0.1, -0.05) is 13.8 Å². The van der Waals surface area contributed by atoms with E-state index in [4.69, 9.17) is 19.4 Å². The maximum atomic E-state index is 11.8. The van der Waals surface area contributed by atoms with Gasteiger partial charge in [-0.2, -0.15) is 11.8 Å². The van der Waals surface area contributed by atoms with Crippen molar-refractivity contribution in [1.82, 2.24) is 15.3 Å². The van der Waals surface area contributed by atoms with E-state index in [-0.39, 0.29) is 17.5 Å². The number of hydrogen-bond donors (Lipinski definition) is 2. The van der Waals surface area contributed by atoms with E-state index in [0.717, 1.165) is 29.4 Å². The van der Waals surface area contributed by atoms with Gasteiger partial charge in [0.15, 0.2) is 5.82 Å². The molecule has 1 fully saturated rings. The predicted molar refractivity (Wildman–Crippen MR) is 140 cm³/mol. The number of ether oxygens (including phenoxy) is 2. The highest BCUT2D eigenvalue weighted by Crippen LogP contribution is 2.26. The van der Waals surface area contributed by atoms with Crippen LogP contribution in [0.4, 0.5) is 16.3 Å². The molecule has 2 N–H and O–H groups in total. The summed E-state index contributed by atoms with van der Waals surface area (Å²) in [5.74, 6) is 2.56. The minimum atomic E-state index is -0.223. The Balaban J connectivity index is 1.83. The average Bonchev–Trinajstić information content (AvgIpc) is 2.79. The number of anilines is 2. The molecule has 0 radical (unpaired) electrons. The molecule has 9 heteroatoms. The molecular weight excluding hydrogens is 450 g/mol. The van der Waals surface area contributed by atoms with Crippen LogP contribution in [0.25, 0.3) is 11.4 Å². The molecule has 186 valence electrons. The van der Waals surface area contributed by atoms with Crippen molar-refractivity contribution in [3.05, 3.63) is 36.0 Å². The van der Waals surface area contributed by atoms with Crippen molar-refractivity contribution in [2.75, 3.05) is 55.1 Å². The number of nitrogens with zero attached hydrogens (tertiary/aromatic N) is 3. The highest BCUT2D eigenvalue weighted by Gasteiger charge is 2.22. The van der Waals surface area contributed by atoms with Gasteiger partial charge in [0.25, 0.3) is 0 Å². The summed E-state index contributed by atoms with van der Waals surface area (Å²) >= 11 is 1.83. The zero-order valence-electron chi connectivity index (χ0n) is 20.9. The summed E-state index contributed by atoms with van der Waals surface area (Å²) in [6, 6.07) is 9.61. The van der Waals surface area contributed by atoms with E-state index in [9.17, 15) is 4.79 Å². The molecule has 0 bridgehead atoms. The van der Waals surface area contributed by atoms with Gasteiger partial charge >= 0.3 is 6.03 Å². The summed E-state index contributed by atoms with van der Waals surface area (Å²) in [5.41, 5.74) is 2.55. The van der Waals surface area contributed by atoms with Crippen molar-refractivity contribution in [3.8, 4) is 11.4 Å². The topological polar surface area (TPSA) is 88.6 Å². The number of carbonyl (C=O) groups excluding carboxylic acids is 1. The third kappa shape index (κ3) is 7.58. The standard InChI is InChI=1S/C25H37N5O3S/c1-6-26-24(31)28-20-9-7-19(8-10-20)23-27-21(15-33-16-25(3,4)17-34-5)13-22(29-23)30-11-12-32-14-18(30)2/h7-10,13,18H,6,11-12,14-17H2,1-5H3,(H2,26,28,31)/t18-/m0/s1. The Kier molecular flexibility index (Phi) is 9.55. The summed E-state index contributed by atoms with van der Waals surface area (Å²) in [5, 5.41) is 5.55. The van der Waals surface area contributed by atoms with Gasteiger partial charge in [-0.05, 0) is 49.8 Å². The molecule has 2 amide bonds. The molecule has 1 saturated heterocycles. The number of thioether (sulfide) groups is 1. The zero-order valence-corrected chi connectivity index (χ0v) is 21.7. The second-order valence-corrected chi connectivity index (χ2v) is 10.2. The fourth-order valence-corrected chi connectivity index (χ4v) is 4.67. The molecule has 0 saturated carbocycles. The fraction of sp³-hybridized carbons (Fsp3) is 0.560. The van der Waals surface area contributed by atoms with Crippen molar-refractivity contribution in [3.63, 3.8) is 0 Å². The van der Waals surface area contributed by atoms with Crippen LogP contribution in [0, 0.1) is 5.41 Å². The van der Waals surface area contributed by atoms with Gasteiger partial charge < -0.3 is 25.0 Å². The Hall–Kier alpha value is -2.36. The number of aromatic nitrogens is 2. The van der Waals surface area contributed by atoms with Crippen LogP contribution in [0.5, 0.6) is 0 Å². The lowest BCUT2D eigenvalue weighted by Crippen LogP contribution is -2.44. The first-order chi connectivity index (χ1) is 16.3. The average molecular weight is 488 g/mol. The Morgan fingerprint density at radius 2 is 2.06 bits per heavy atom. The molecule has 34 heavy (non-hydrogen) atoms. The van der Waals surface area contributed by atoms with Crippen molar-refractivity contribution in [2.45, 2.75) is 40.3 Å². The van der Waals surface area contributed by atoms with E-state index in [2.05, 4.69) is 42.6 Å². The Labute approximate surface area is 207 Å². The highest BCUT2D eigenvalue weighted by molar-refractivity contribution is 7.98. The molecule has 1 aliphatic rings. The molecule has 1 aliphatic heterocycles. The first kappa shape index (κ1) is 26.2. The van der Waals surface area contributed by atoms with Crippen molar-refractivity contribution < 1.29 is 14.3 Å². The van der Waals surface area contributed by atoms with Gasteiger partial charge in [0.05, 0.1) is 38.2 Å². The van der Waals surface area contributed by atoms with Crippen LogP contribution >= 0.6 is 11.8 Å². The van der Waals surface area contributed by atoms with E-state index >= 15 is 0 Å². The minimum absolute atomic E-state index is 0.101. The quantitative estimate of drug-likeness (QED) is 0.513. The molecule has 2 aromatic rings. The Morgan fingerprint density at radius 3 is 2.74 bits per heavy atom. The summed E-state index contributed by atoms with van der Waals surface area (Å²) < 4.78 is 11.7. The molecule has 1 aromatic heterocycles. The molecule has 3 rings (SSSR count). The number of morpholine rings is 1. The first-order valence-corrected chi connectivity index (χ1v) is 13.1. The summed E-state index contributed by atoms with van der Waals surface area (Å²) in [6.45, 7) is 12.3. The second-order valence-electron chi connectivity index (χ2n) is 9.31. The van der Waals surface area contributed by atoms with Crippen LogP contribution in [0.2, 0.25) is 0 Å². The third-order valence-electron chi connectivity index (χ3n) is 5.44. The SMILES string of the molecule is CCNC(=O)Nc1ccc(-c2nc(COCC(C)(C)CSC)cc(N3CCOC[C@@H]3C)n2)cc1. The van der Waals surface area contributed by atoms with E-state index < -0.39 is 0 Å². The van der Waals surface area contributed by atoms with Crippen LogP contribution in [0.1, 0.15) is 33.4 Å². The van der Waals surface area contributed by atoms with Gasteiger partial charge in [0.1, 0.15) is 5.82 Å². The van der Waals surface area contributed by atoms with E-state index in [1.165, 1.54) is 0 Å². The maximum Gasteiger partial charge on any atom is 0.319 e. The molecule has 8 nitrogen and oxygen atoms in total. The Bertz CT molecular complexity index is 939. The van der Waals surface area contributed by atoms with Gasteiger partial charge in [-0.3, -0.25) is 0 Å². The van der Waals surface area contributed by atoms with Crippen molar-refractivity contribution >= 4 is 29.3 Å². The van der Waals surface area contributed by atoms with Crippen LogP contribution < -0.4 is 15.5 Å². The van der Waals surface area contributed by atoms with Gasteiger partial charge in [-0.25, -0.2) is 14.8 Å². The lowest BCUT2D eigenvalue weighted by atomic mass is 9.98. The van der Waals surface area contributed by atoms with E-state index in [0.29, 0.717) is 44.5 Å². The molecule has 1 aromatic carbocycles. The molecule has 0 aliphatic carbocycles. The number of hydrogen-bond acceptors (Lipinski definition) is 7. The smallest absolute Gasteiger partial charge is 0.319 e. The summed E-state index contributed by atoms with van der Waals surface area (Å²) in [6.07, 6.45) is 2.12. The zero-order chi connectivity index (χ0) is 24.6. The summed E-state index contributed by atoms with van der Waals surface area (Å²) in [4.78, 5) is 23.8. The number of amides is 2. The van der Waals surface area contributed by atoms with Crippen molar-refractivity contribution in [2.24, 2.45) is 5.41 Å². The second kappa shape index (κ2) is 12.4. The van der Waals surface area contributed by atoms with Crippen molar-refractivity contribution in [1.29, 1.82) is 0 Å². The van der Waals surface area contributed by atoms with Crippen LogP contribution in [-0.2, 0) is 16.1 Å². The Morgan fingerprint density at radius 1 is 1.29 bits per heavy atom. The lowest BCUT2D eigenvalue weighted by molar-refractivity contribution is 0.0601. The van der Waals surface area contributed by atoms with E-state index in [1.54, 1.807) is 0 Å².